The van der Waals surface area contributed by atoms with Crippen molar-refractivity contribution in [2.45, 2.75) is 12.5 Å². The van der Waals surface area contributed by atoms with E-state index >= 15 is 0 Å². The van der Waals surface area contributed by atoms with Gasteiger partial charge in [0.15, 0.2) is 12.5 Å². The van der Waals surface area contributed by atoms with E-state index in [0.29, 0.717) is 5.56 Å². The molecule has 0 saturated carbocycles. The zero-order valence-corrected chi connectivity index (χ0v) is 10.8. The summed E-state index contributed by atoms with van der Waals surface area (Å²) in [5.41, 5.74) is -0.758. The first-order chi connectivity index (χ1) is 8.65. The third kappa shape index (κ3) is 2.61. The summed E-state index contributed by atoms with van der Waals surface area (Å²) in [4.78, 5) is 26.8. The van der Waals surface area contributed by atoms with Gasteiger partial charge in [-0.1, -0.05) is 15.9 Å². The van der Waals surface area contributed by atoms with Crippen LogP contribution in [0.15, 0.2) is 20.8 Å². The van der Waals surface area contributed by atoms with Crippen molar-refractivity contribution in [3.05, 3.63) is 37.6 Å². The number of aromatic amines is 1. The van der Waals surface area contributed by atoms with E-state index in [2.05, 4.69) is 20.9 Å². The Morgan fingerprint density at radius 1 is 1.61 bits per heavy atom. The Labute approximate surface area is 110 Å². The van der Waals surface area contributed by atoms with E-state index in [9.17, 15) is 9.59 Å². The summed E-state index contributed by atoms with van der Waals surface area (Å²) in [6, 6.07) is 0. The lowest BCUT2D eigenvalue weighted by atomic mass is 10.3. The van der Waals surface area contributed by atoms with Crippen LogP contribution in [0.25, 0.3) is 6.08 Å². The maximum atomic E-state index is 11.7. The van der Waals surface area contributed by atoms with Gasteiger partial charge in [-0.2, -0.15) is 0 Å². The molecule has 2 heterocycles. The van der Waals surface area contributed by atoms with Crippen molar-refractivity contribution in [3.63, 3.8) is 0 Å². The van der Waals surface area contributed by atoms with Crippen LogP contribution in [-0.4, -0.2) is 34.2 Å². The normalized spacial score (nSPS) is 23.9. The van der Waals surface area contributed by atoms with Crippen LogP contribution in [0.2, 0.25) is 0 Å². The summed E-state index contributed by atoms with van der Waals surface area (Å²) in [6.45, 7) is -0.155. The summed E-state index contributed by atoms with van der Waals surface area (Å²) in [5, 5.41) is 8.87. The van der Waals surface area contributed by atoms with Gasteiger partial charge in [-0.15, -0.1) is 0 Å². The Kier molecular flexibility index (Phi) is 4.12. The van der Waals surface area contributed by atoms with Gasteiger partial charge in [-0.3, -0.25) is 14.3 Å². The van der Waals surface area contributed by atoms with Crippen LogP contribution in [0.5, 0.6) is 0 Å². The molecule has 0 aliphatic carbocycles. The van der Waals surface area contributed by atoms with Crippen LogP contribution in [0.1, 0.15) is 11.8 Å². The number of rotatable bonds is 3. The average molecular weight is 319 g/mol. The summed E-state index contributed by atoms with van der Waals surface area (Å²) >= 11 is 3.06. The number of hydrogen-bond acceptors (Lipinski definition) is 5. The molecule has 8 heteroatoms. The first-order valence-corrected chi connectivity index (χ1v) is 6.07. The average Bonchev–Trinajstić information content (AvgIpc) is 2.81. The quantitative estimate of drug-likeness (QED) is 0.802. The molecule has 1 saturated heterocycles. The van der Waals surface area contributed by atoms with Gasteiger partial charge in [0.2, 0.25) is 0 Å². The Morgan fingerprint density at radius 2 is 2.39 bits per heavy atom. The number of nitrogens with one attached hydrogen (secondary N) is 1. The highest BCUT2D eigenvalue weighted by Gasteiger charge is 2.27. The van der Waals surface area contributed by atoms with E-state index in [0.717, 1.165) is 0 Å². The Bertz CT molecular complexity index is 564. The number of aliphatic hydroxyl groups excluding tert-OH is 1. The molecule has 1 aromatic heterocycles. The summed E-state index contributed by atoms with van der Waals surface area (Å²) < 4.78 is 11.6. The minimum atomic E-state index is -0.746. The zero-order chi connectivity index (χ0) is 13.1. The molecule has 1 aromatic rings. The molecule has 2 rings (SSSR count). The number of nitrogens with zero attached hydrogens (tertiary/aromatic N) is 1. The predicted molar refractivity (Wildman–Crippen MR) is 66.2 cm³/mol. The van der Waals surface area contributed by atoms with Crippen LogP contribution in [-0.2, 0) is 9.47 Å². The molecule has 0 radical (unpaired) electrons. The second kappa shape index (κ2) is 5.61. The molecule has 18 heavy (non-hydrogen) atoms. The zero-order valence-electron chi connectivity index (χ0n) is 9.21. The van der Waals surface area contributed by atoms with Crippen LogP contribution >= 0.6 is 15.9 Å². The molecule has 0 amide bonds. The SMILES string of the molecule is O=c1[nH]c(=O)n([C@H]2CO[C@@H](CO)O2)cc1C=CBr. The highest BCUT2D eigenvalue weighted by Crippen LogP contribution is 2.18. The van der Waals surface area contributed by atoms with Gasteiger partial charge in [-0.05, 0) is 11.1 Å². The summed E-state index contributed by atoms with van der Waals surface area (Å²) in [6.07, 6.45) is 1.49. The van der Waals surface area contributed by atoms with E-state index in [1.165, 1.54) is 21.8 Å². The molecular formula is C10H11BrN2O5. The second-order valence-corrected chi connectivity index (χ2v) is 4.11. The maximum Gasteiger partial charge on any atom is 0.330 e. The van der Waals surface area contributed by atoms with Crippen molar-refractivity contribution < 1.29 is 14.6 Å². The molecule has 0 unspecified atom stereocenters. The number of H-pyrrole nitrogens is 1. The molecule has 2 N–H and O–H groups in total. The molecule has 1 aliphatic rings. The van der Waals surface area contributed by atoms with Crippen molar-refractivity contribution >= 4 is 22.0 Å². The fourth-order valence-electron chi connectivity index (χ4n) is 1.59. The van der Waals surface area contributed by atoms with E-state index in [-0.39, 0.29) is 13.2 Å². The monoisotopic (exact) mass is 318 g/mol. The molecule has 0 spiro atoms. The number of aliphatic hydroxyl groups is 1. The smallest absolute Gasteiger partial charge is 0.330 e. The third-order valence-corrected chi connectivity index (χ3v) is 2.70. The molecule has 0 aromatic carbocycles. The van der Waals surface area contributed by atoms with Gasteiger partial charge in [-0.25, -0.2) is 4.79 Å². The lowest BCUT2D eigenvalue weighted by molar-refractivity contribution is -0.0993. The molecule has 7 nitrogen and oxygen atoms in total. The number of halogens is 1. The molecule has 1 fully saturated rings. The number of hydrogen-bond donors (Lipinski definition) is 2. The van der Waals surface area contributed by atoms with Gasteiger partial charge in [0.05, 0.1) is 18.8 Å². The second-order valence-electron chi connectivity index (χ2n) is 3.58. The molecular weight excluding hydrogens is 308 g/mol. The highest BCUT2D eigenvalue weighted by molar-refractivity contribution is 9.11. The van der Waals surface area contributed by atoms with Crippen LogP contribution < -0.4 is 11.2 Å². The Hall–Kier alpha value is -1.22. The van der Waals surface area contributed by atoms with Crippen LogP contribution in [0, 0.1) is 0 Å². The van der Waals surface area contributed by atoms with Gasteiger partial charge in [0, 0.05) is 6.20 Å². The summed E-state index contributed by atoms with van der Waals surface area (Å²) in [7, 11) is 0. The lowest BCUT2D eigenvalue weighted by Crippen LogP contribution is -2.34. The van der Waals surface area contributed by atoms with Gasteiger partial charge in [0.25, 0.3) is 5.56 Å². The van der Waals surface area contributed by atoms with Crippen molar-refractivity contribution in [3.8, 4) is 0 Å². The fraction of sp³-hybridized carbons (Fsp3) is 0.400. The van der Waals surface area contributed by atoms with Crippen molar-refractivity contribution in [1.82, 2.24) is 9.55 Å². The van der Waals surface area contributed by atoms with Gasteiger partial charge < -0.3 is 14.6 Å². The number of aromatic nitrogens is 2. The fourth-order valence-corrected chi connectivity index (χ4v) is 1.87. The molecule has 1 aliphatic heterocycles. The lowest BCUT2D eigenvalue weighted by Gasteiger charge is -2.12. The predicted octanol–water partition coefficient (Wildman–Crippen LogP) is -0.234. The summed E-state index contributed by atoms with van der Waals surface area (Å²) in [5.74, 6) is 0. The van der Waals surface area contributed by atoms with Crippen LogP contribution in [0.3, 0.4) is 0 Å². The molecule has 98 valence electrons. The van der Waals surface area contributed by atoms with Crippen molar-refractivity contribution in [2.75, 3.05) is 13.2 Å². The van der Waals surface area contributed by atoms with Crippen molar-refractivity contribution in [2.24, 2.45) is 0 Å². The Morgan fingerprint density at radius 3 is 3.00 bits per heavy atom. The van der Waals surface area contributed by atoms with E-state index in [1.807, 2.05) is 0 Å². The standard InChI is InChI=1S/C10H11BrN2O5/c11-2-1-6-3-13(10(16)12-9(6)15)7-5-17-8(4-14)18-7/h1-3,7-8,14H,4-5H2,(H,12,15,16)/t7-,8-/m1/s1. The minimum absolute atomic E-state index is 0.134. The molecule has 2 atom stereocenters. The molecule has 0 bridgehead atoms. The van der Waals surface area contributed by atoms with Crippen LogP contribution in [0.4, 0.5) is 0 Å². The largest absolute Gasteiger partial charge is 0.391 e. The first kappa shape index (κ1) is 13.2. The maximum absolute atomic E-state index is 11.7. The van der Waals surface area contributed by atoms with E-state index in [1.54, 1.807) is 0 Å². The first-order valence-electron chi connectivity index (χ1n) is 5.16. The number of ether oxygens (including phenoxy) is 2. The van der Waals surface area contributed by atoms with Crippen molar-refractivity contribution in [1.29, 1.82) is 0 Å². The Balaban J connectivity index is 2.36. The topological polar surface area (TPSA) is 93.6 Å². The minimum Gasteiger partial charge on any atom is -0.391 e. The highest BCUT2D eigenvalue weighted by atomic mass is 79.9. The van der Waals surface area contributed by atoms with Gasteiger partial charge >= 0.3 is 5.69 Å². The van der Waals surface area contributed by atoms with Gasteiger partial charge in [0.1, 0.15) is 0 Å². The van der Waals surface area contributed by atoms with E-state index < -0.39 is 23.8 Å². The van der Waals surface area contributed by atoms with E-state index in [4.69, 9.17) is 14.6 Å². The third-order valence-electron chi connectivity index (χ3n) is 2.43.